The highest BCUT2D eigenvalue weighted by atomic mass is 32.2. The van der Waals surface area contributed by atoms with E-state index >= 15 is 0 Å². The van der Waals surface area contributed by atoms with Gasteiger partial charge in [-0.05, 0) is 31.9 Å². The van der Waals surface area contributed by atoms with Crippen LogP contribution in [0.1, 0.15) is 32.4 Å². The Balaban J connectivity index is 1.61. The van der Waals surface area contributed by atoms with E-state index in [9.17, 15) is 18.0 Å². The molecule has 9 heteroatoms. The van der Waals surface area contributed by atoms with E-state index in [1.165, 1.54) is 0 Å². The second-order valence-electron chi connectivity index (χ2n) is 7.08. The number of esters is 1. The van der Waals surface area contributed by atoms with Gasteiger partial charge in [-0.3, -0.25) is 9.59 Å². The fourth-order valence-corrected chi connectivity index (χ4v) is 5.18. The molecule has 0 aliphatic carbocycles. The van der Waals surface area contributed by atoms with Gasteiger partial charge in [-0.2, -0.15) is 0 Å². The first-order chi connectivity index (χ1) is 13.3. The van der Waals surface area contributed by atoms with Crippen molar-refractivity contribution in [2.24, 2.45) is 0 Å². The smallest absolute Gasteiger partial charge is 0.312 e. The Kier molecular flexibility index (Phi) is 6.02. The van der Waals surface area contributed by atoms with Crippen LogP contribution in [0.5, 0.6) is 0 Å². The van der Waals surface area contributed by atoms with Gasteiger partial charge in [0, 0.05) is 17.5 Å². The van der Waals surface area contributed by atoms with Crippen LogP contribution in [0.2, 0.25) is 0 Å². The lowest BCUT2D eigenvalue weighted by molar-refractivity contribution is -0.153. The van der Waals surface area contributed by atoms with E-state index in [0.717, 1.165) is 5.39 Å². The van der Waals surface area contributed by atoms with Crippen LogP contribution >= 0.6 is 0 Å². The summed E-state index contributed by atoms with van der Waals surface area (Å²) >= 11 is 0. The molecular weight excluding hydrogens is 384 g/mol. The summed E-state index contributed by atoms with van der Waals surface area (Å²) in [7, 11) is -3.12. The predicted octanol–water partition coefficient (Wildman–Crippen LogP) is 1.73. The van der Waals surface area contributed by atoms with Gasteiger partial charge < -0.3 is 14.2 Å². The highest BCUT2D eigenvalue weighted by Crippen LogP contribution is 2.22. The SMILES string of the molecule is CC[C@@H](C)N(C(=O)COC(=O)Cc1noc2ccccc12)[C@@H]1CCS(=O)(=O)C1. The van der Waals surface area contributed by atoms with E-state index in [0.29, 0.717) is 24.1 Å². The van der Waals surface area contributed by atoms with Crippen molar-refractivity contribution in [2.75, 3.05) is 18.1 Å². The quantitative estimate of drug-likeness (QED) is 0.642. The number of sulfone groups is 1. The zero-order valence-electron chi connectivity index (χ0n) is 16.0. The molecule has 0 N–H and O–H groups in total. The van der Waals surface area contributed by atoms with Gasteiger partial charge in [-0.1, -0.05) is 24.2 Å². The molecule has 0 unspecified atom stereocenters. The molecule has 1 saturated heterocycles. The van der Waals surface area contributed by atoms with Gasteiger partial charge in [0.15, 0.2) is 22.0 Å². The maximum Gasteiger partial charge on any atom is 0.312 e. The molecule has 0 spiro atoms. The molecule has 1 aliphatic heterocycles. The van der Waals surface area contributed by atoms with E-state index in [1.807, 2.05) is 19.9 Å². The third-order valence-corrected chi connectivity index (χ3v) is 6.83. The molecule has 2 heterocycles. The standard InChI is InChI=1S/C19H24N2O6S/c1-3-13(2)21(14-8-9-28(24,25)12-14)18(22)11-26-19(23)10-16-15-6-4-5-7-17(15)27-20-16/h4-7,13-14H,3,8-12H2,1-2H3/t13-,14-/m1/s1. The number of hydrogen-bond donors (Lipinski definition) is 0. The second-order valence-corrected chi connectivity index (χ2v) is 9.31. The van der Waals surface area contributed by atoms with Gasteiger partial charge in [0.1, 0.15) is 5.69 Å². The van der Waals surface area contributed by atoms with Crippen LogP contribution in [-0.2, 0) is 30.6 Å². The van der Waals surface area contributed by atoms with Crippen molar-refractivity contribution in [2.45, 2.75) is 45.2 Å². The summed E-state index contributed by atoms with van der Waals surface area (Å²) in [6, 6.07) is 6.67. The molecule has 1 amide bonds. The Morgan fingerprint density at radius 2 is 2.11 bits per heavy atom. The van der Waals surface area contributed by atoms with Crippen molar-refractivity contribution in [3.05, 3.63) is 30.0 Å². The van der Waals surface area contributed by atoms with Crippen LogP contribution in [0.3, 0.4) is 0 Å². The summed E-state index contributed by atoms with van der Waals surface area (Å²) in [6.07, 6.45) is 0.990. The van der Waals surface area contributed by atoms with Crippen molar-refractivity contribution < 1.29 is 27.3 Å². The summed E-state index contributed by atoms with van der Waals surface area (Å²) in [6.45, 7) is 3.37. The van der Waals surface area contributed by atoms with Crippen molar-refractivity contribution in [1.82, 2.24) is 10.1 Å². The second kappa shape index (κ2) is 8.30. The highest BCUT2D eigenvalue weighted by molar-refractivity contribution is 7.91. The number of ether oxygens (including phenoxy) is 1. The lowest BCUT2D eigenvalue weighted by atomic mass is 10.1. The first kappa shape index (κ1) is 20.3. The molecule has 1 aromatic carbocycles. The minimum absolute atomic E-state index is 0.0397. The van der Waals surface area contributed by atoms with Crippen LogP contribution < -0.4 is 0 Å². The van der Waals surface area contributed by atoms with Crippen molar-refractivity contribution in [3.8, 4) is 0 Å². The third-order valence-electron chi connectivity index (χ3n) is 5.08. The maximum absolute atomic E-state index is 12.7. The Morgan fingerprint density at radius 3 is 2.79 bits per heavy atom. The number of fused-ring (bicyclic) bond motifs is 1. The zero-order valence-corrected chi connectivity index (χ0v) is 16.8. The van der Waals surface area contributed by atoms with Gasteiger partial charge in [0.05, 0.1) is 17.9 Å². The molecule has 2 atom stereocenters. The first-order valence-electron chi connectivity index (χ1n) is 9.31. The average Bonchev–Trinajstić information content (AvgIpc) is 3.23. The summed E-state index contributed by atoms with van der Waals surface area (Å²) in [4.78, 5) is 26.4. The highest BCUT2D eigenvalue weighted by Gasteiger charge is 2.36. The maximum atomic E-state index is 12.7. The number of carbonyl (C=O) groups excluding carboxylic acids is 2. The van der Waals surface area contributed by atoms with Gasteiger partial charge in [0.25, 0.3) is 5.91 Å². The number of rotatable bonds is 7. The Hall–Kier alpha value is -2.42. The molecule has 0 saturated carbocycles. The molecule has 0 bridgehead atoms. The van der Waals surface area contributed by atoms with Gasteiger partial charge in [-0.15, -0.1) is 0 Å². The summed E-state index contributed by atoms with van der Waals surface area (Å²) in [5, 5.41) is 4.61. The van der Waals surface area contributed by atoms with E-state index in [2.05, 4.69) is 5.16 Å². The number of amides is 1. The predicted molar refractivity (Wildman–Crippen MR) is 102 cm³/mol. The van der Waals surface area contributed by atoms with E-state index in [-0.39, 0.29) is 35.9 Å². The topological polar surface area (TPSA) is 107 Å². The summed E-state index contributed by atoms with van der Waals surface area (Å²) < 4.78 is 33.9. The van der Waals surface area contributed by atoms with Gasteiger partial charge >= 0.3 is 5.97 Å². The molecule has 152 valence electrons. The normalized spacial score (nSPS) is 19.4. The minimum Gasteiger partial charge on any atom is -0.455 e. The molecule has 2 aromatic rings. The molecule has 1 aliphatic rings. The van der Waals surface area contributed by atoms with Crippen LogP contribution in [0.4, 0.5) is 0 Å². The number of aromatic nitrogens is 1. The average molecular weight is 408 g/mol. The summed E-state index contributed by atoms with van der Waals surface area (Å²) in [5.41, 5.74) is 1.03. The van der Waals surface area contributed by atoms with Crippen molar-refractivity contribution in [3.63, 3.8) is 0 Å². The van der Waals surface area contributed by atoms with Crippen LogP contribution in [0.25, 0.3) is 11.0 Å². The van der Waals surface area contributed by atoms with E-state index in [4.69, 9.17) is 9.26 Å². The molecule has 1 aromatic heterocycles. The Labute approximate surface area is 163 Å². The van der Waals surface area contributed by atoms with E-state index in [1.54, 1.807) is 23.1 Å². The first-order valence-corrected chi connectivity index (χ1v) is 11.1. The third kappa shape index (κ3) is 4.52. The van der Waals surface area contributed by atoms with Gasteiger partial charge in [0.2, 0.25) is 0 Å². The molecule has 0 radical (unpaired) electrons. The Morgan fingerprint density at radius 1 is 1.36 bits per heavy atom. The fourth-order valence-electron chi connectivity index (χ4n) is 3.47. The van der Waals surface area contributed by atoms with Crippen LogP contribution in [0.15, 0.2) is 28.8 Å². The number of hydrogen-bond acceptors (Lipinski definition) is 7. The van der Waals surface area contributed by atoms with Crippen LogP contribution in [0, 0.1) is 0 Å². The molecule has 3 rings (SSSR count). The molecule has 28 heavy (non-hydrogen) atoms. The Bertz CT molecular complexity index is 968. The molecule has 8 nitrogen and oxygen atoms in total. The zero-order chi connectivity index (χ0) is 20.3. The fraction of sp³-hybridized carbons (Fsp3) is 0.526. The summed E-state index contributed by atoms with van der Waals surface area (Å²) in [5.74, 6) is -0.927. The number of para-hydroxylation sites is 1. The number of benzene rings is 1. The monoisotopic (exact) mass is 408 g/mol. The lowest BCUT2D eigenvalue weighted by Gasteiger charge is -2.33. The largest absolute Gasteiger partial charge is 0.455 e. The van der Waals surface area contributed by atoms with Crippen molar-refractivity contribution >= 4 is 32.7 Å². The van der Waals surface area contributed by atoms with Crippen LogP contribution in [-0.4, -0.2) is 60.5 Å². The minimum atomic E-state index is -3.12. The molecular formula is C19H24N2O6S. The molecule has 1 fully saturated rings. The van der Waals surface area contributed by atoms with E-state index < -0.39 is 22.4 Å². The lowest BCUT2D eigenvalue weighted by Crippen LogP contribution is -2.48. The van der Waals surface area contributed by atoms with Crippen molar-refractivity contribution in [1.29, 1.82) is 0 Å². The van der Waals surface area contributed by atoms with Gasteiger partial charge in [-0.25, -0.2) is 8.42 Å². The number of nitrogens with zero attached hydrogens (tertiary/aromatic N) is 2. The number of carbonyl (C=O) groups is 2.